The van der Waals surface area contributed by atoms with Crippen LogP contribution in [0.15, 0.2) is 0 Å². The highest BCUT2D eigenvalue weighted by Gasteiger charge is 2.35. The second-order valence-corrected chi connectivity index (χ2v) is 4.84. The van der Waals surface area contributed by atoms with E-state index < -0.39 is 0 Å². The van der Waals surface area contributed by atoms with E-state index in [-0.39, 0.29) is 0 Å². The first-order valence-electron chi connectivity index (χ1n) is 4.53. The van der Waals surface area contributed by atoms with Gasteiger partial charge in [0, 0.05) is 5.92 Å². The fraction of sp³-hybridized carbons (Fsp3) is 0.889. The molecule has 0 N–H and O–H groups in total. The van der Waals surface area contributed by atoms with Crippen LogP contribution in [0, 0.1) is 5.92 Å². The van der Waals surface area contributed by atoms with E-state index in [1.807, 2.05) is 11.8 Å². The Hall–Kier alpha value is 0.0200. The van der Waals surface area contributed by atoms with Crippen molar-refractivity contribution < 1.29 is 4.79 Å². The molecular formula is C9H14OS. The summed E-state index contributed by atoms with van der Waals surface area (Å²) < 4.78 is 0. The number of carbonyl (C=O) groups excluding carboxylic acids is 1. The molecule has 0 bridgehead atoms. The fourth-order valence-electron chi connectivity index (χ4n) is 1.60. The van der Waals surface area contributed by atoms with Gasteiger partial charge >= 0.3 is 0 Å². The molecular weight excluding hydrogens is 156 g/mol. The van der Waals surface area contributed by atoms with E-state index in [9.17, 15) is 4.79 Å². The molecule has 0 aromatic heterocycles. The molecule has 1 saturated carbocycles. The lowest BCUT2D eigenvalue weighted by molar-refractivity contribution is -0.119. The zero-order chi connectivity index (χ0) is 7.68. The van der Waals surface area contributed by atoms with Crippen LogP contribution in [-0.2, 0) is 4.79 Å². The van der Waals surface area contributed by atoms with E-state index in [0.29, 0.717) is 17.0 Å². The number of carbonyl (C=O) groups is 1. The molecule has 2 heteroatoms. The number of hydrogen-bond donors (Lipinski definition) is 0. The number of hydrogen-bond acceptors (Lipinski definition) is 2. The summed E-state index contributed by atoms with van der Waals surface area (Å²) in [7, 11) is 0. The lowest BCUT2D eigenvalue weighted by Gasteiger charge is -2.19. The molecule has 0 amide bonds. The van der Waals surface area contributed by atoms with Crippen molar-refractivity contribution in [3.63, 3.8) is 0 Å². The van der Waals surface area contributed by atoms with Gasteiger partial charge in [0.15, 0.2) is 0 Å². The lowest BCUT2D eigenvalue weighted by Crippen LogP contribution is -2.22. The maximum atomic E-state index is 11.5. The average molecular weight is 170 g/mol. The van der Waals surface area contributed by atoms with E-state index in [2.05, 4.69) is 0 Å². The minimum Gasteiger partial charge on any atom is -0.298 e. The van der Waals surface area contributed by atoms with E-state index in [1.165, 1.54) is 31.4 Å². The van der Waals surface area contributed by atoms with Gasteiger partial charge in [-0.1, -0.05) is 6.42 Å². The summed E-state index contributed by atoms with van der Waals surface area (Å²) in [6.45, 7) is 0. The topological polar surface area (TPSA) is 17.1 Å². The monoisotopic (exact) mass is 170 g/mol. The van der Waals surface area contributed by atoms with Gasteiger partial charge < -0.3 is 0 Å². The number of rotatable bonds is 2. The molecule has 1 nitrogen and oxygen atoms in total. The zero-order valence-electron chi connectivity index (χ0n) is 6.71. The first-order chi connectivity index (χ1) is 5.38. The van der Waals surface area contributed by atoms with Gasteiger partial charge in [0.2, 0.25) is 0 Å². The van der Waals surface area contributed by atoms with Crippen LogP contribution in [0.4, 0.5) is 0 Å². The van der Waals surface area contributed by atoms with Gasteiger partial charge in [0.25, 0.3) is 0 Å². The van der Waals surface area contributed by atoms with Gasteiger partial charge in [-0.25, -0.2) is 0 Å². The van der Waals surface area contributed by atoms with Gasteiger partial charge in [0.1, 0.15) is 5.78 Å². The largest absolute Gasteiger partial charge is 0.298 e. The van der Waals surface area contributed by atoms with Crippen LogP contribution in [0.25, 0.3) is 0 Å². The van der Waals surface area contributed by atoms with Crippen molar-refractivity contribution in [2.75, 3.05) is 5.75 Å². The summed E-state index contributed by atoms with van der Waals surface area (Å²) >= 11 is 1.89. The molecule has 2 aliphatic rings. The van der Waals surface area contributed by atoms with Gasteiger partial charge in [-0.15, -0.1) is 0 Å². The van der Waals surface area contributed by atoms with Crippen LogP contribution in [0.2, 0.25) is 0 Å². The second kappa shape index (κ2) is 3.18. The Morgan fingerprint density at radius 2 is 2.00 bits per heavy atom. The molecule has 11 heavy (non-hydrogen) atoms. The van der Waals surface area contributed by atoms with E-state index >= 15 is 0 Å². The summed E-state index contributed by atoms with van der Waals surface area (Å²) in [5.74, 6) is 2.25. The Balaban J connectivity index is 1.86. The molecule has 62 valence electrons. The highest BCUT2D eigenvalue weighted by Crippen LogP contribution is 2.36. The molecule has 0 spiro atoms. The van der Waals surface area contributed by atoms with Crippen LogP contribution >= 0.6 is 11.8 Å². The molecule has 0 aromatic rings. The van der Waals surface area contributed by atoms with Crippen LogP contribution in [0.3, 0.4) is 0 Å². The molecule has 0 radical (unpaired) electrons. The van der Waals surface area contributed by atoms with Crippen molar-refractivity contribution in [1.82, 2.24) is 0 Å². The van der Waals surface area contributed by atoms with E-state index in [4.69, 9.17) is 0 Å². The molecule has 1 aliphatic carbocycles. The lowest BCUT2D eigenvalue weighted by atomic mass is 10.1. The Bertz CT molecular complexity index is 157. The SMILES string of the molecule is O=C(C1CC1)C1CCCCS1. The number of ketones is 1. The zero-order valence-corrected chi connectivity index (χ0v) is 7.53. The predicted molar refractivity (Wildman–Crippen MR) is 47.8 cm³/mol. The van der Waals surface area contributed by atoms with Crippen LogP contribution in [0.1, 0.15) is 32.1 Å². The van der Waals surface area contributed by atoms with Crippen molar-refractivity contribution in [2.24, 2.45) is 5.92 Å². The minimum atomic E-state index is 0.385. The number of Topliss-reactive ketones (excluding diaryl/α,β-unsaturated/α-hetero) is 1. The van der Waals surface area contributed by atoms with Gasteiger partial charge in [-0.2, -0.15) is 11.8 Å². The molecule has 2 fully saturated rings. The second-order valence-electron chi connectivity index (χ2n) is 3.53. The van der Waals surface area contributed by atoms with Crippen molar-refractivity contribution in [2.45, 2.75) is 37.4 Å². The van der Waals surface area contributed by atoms with Crippen LogP contribution in [-0.4, -0.2) is 16.8 Å². The van der Waals surface area contributed by atoms with Crippen molar-refractivity contribution in [3.8, 4) is 0 Å². The summed E-state index contributed by atoms with van der Waals surface area (Å²) in [5.41, 5.74) is 0. The Morgan fingerprint density at radius 3 is 2.55 bits per heavy atom. The summed E-state index contributed by atoms with van der Waals surface area (Å²) in [4.78, 5) is 11.5. The van der Waals surface area contributed by atoms with Crippen molar-refractivity contribution >= 4 is 17.5 Å². The van der Waals surface area contributed by atoms with E-state index in [1.54, 1.807) is 0 Å². The van der Waals surface area contributed by atoms with Gasteiger partial charge in [-0.05, 0) is 31.4 Å². The average Bonchev–Trinajstić information content (AvgIpc) is 2.87. The Labute approximate surface area is 71.9 Å². The van der Waals surface area contributed by atoms with E-state index in [0.717, 1.165) is 6.42 Å². The third kappa shape index (κ3) is 1.78. The Morgan fingerprint density at radius 1 is 1.18 bits per heavy atom. The first kappa shape index (κ1) is 7.66. The third-order valence-electron chi connectivity index (χ3n) is 2.48. The maximum Gasteiger partial charge on any atom is 0.148 e. The molecule has 1 atom stereocenters. The predicted octanol–water partition coefficient (Wildman–Crippen LogP) is 2.25. The van der Waals surface area contributed by atoms with Crippen molar-refractivity contribution in [1.29, 1.82) is 0 Å². The first-order valence-corrected chi connectivity index (χ1v) is 5.58. The molecule has 1 aliphatic heterocycles. The summed E-state index contributed by atoms with van der Waals surface area (Å²) in [6, 6.07) is 0. The van der Waals surface area contributed by atoms with Gasteiger partial charge in [-0.3, -0.25) is 4.79 Å². The maximum absolute atomic E-state index is 11.5. The van der Waals surface area contributed by atoms with Crippen molar-refractivity contribution in [3.05, 3.63) is 0 Å². The summed E-state index contributed by atoms with van der Waals surface area (Å²) in [5, 5.41) is 0.385. The summed E-state index contributed by atoms with van der Waals surface area (Å²) in [6.07, 6.45) is 6.10. The van der Waals surface area contributed by atoms with Crippen LogP contribution in [0.5, 0.6) is 0 Å². The normalized spacial score (nSPS) is 31.8. The van der Waals surface area contributed by atoms with Gasteiger partial charge in [0.05, 0.1) is 5.25 Å². The third-order valence-corrected chi connectivity index (χ3v) is 3.87. The molecule has 2 rings (SSSR count). The fourth-order valence-corrected chi connectivity index (χ4v) is 2.94. The number of thioether (sulfide) groups is 1. The molecule has 1 saturated heterocycles. The molecule has 0 aromatic carbocycles. The molecule has 1 unspecified atom stereocenters. The standard InChI is InChI=1S/C9H14OS/c10-9(7-4-5-7)8-3-1-2-6-11-8/h7-8H,1-6H2. The van der Waals surface area contributed by atoms with Crippen LogP contribution < -0.4 is 0 Å². The highest BCUT2D eigenvalue weighted by atomic mass is 32.2. The highest BCUT2D eigenvalue weighted by molar-refractivity contribution is 8.00. The molecule has 1 heterocycles. The Kier molecular flexibility index (Phi) is 2.21. The smallest absolute Gasteiger partial charge is 0.148 e. The minimum absolute atomic E-state index is 0.385. The quantitative estimate of drug-likeness (QED) is 0.632.